The van der Waals surface area contributed by atoms with Crippen molar-refractivity contribution in [3.05, 3.63) is 38.0 Å². The van der Waals surface area contributed by atoms with Gasteiger partial charge in [-0.2, -0.15) is 0 Å². The van der Waals surface area contributed by atoms with Crippen LogP contribution in [0.1, 0.15) is 0 Å². The summed E-state index contributed by atoms with van der Waals surface area (Å²) in [5.41, 5.74) is 0. The highest BCUT2D eigenvalue weighted by Crippen LogP contribution is 1.88. The van der Waals surface area contributed by atoms with Gasteiger partial charge in [-0.05, 0) is 0 Å². The second-order valence-corrected chi connectivity index (χ2v) is 2.08. The minimum atomic E-state index is 0. The molecule has 2 nitrogen and oxygen atoms in total. The van der Waals surface area contributed by atoms with Gasteiger partial charge in [-0.25, -0.2) is 0 Å². The Morgan fingerprint density at radius 3 is 1.25 bits per heavy atom. The monoisotopic (exact) mass is 191 g/mol. The van der Waals surface area contributed by atoms with Crippen LogP contribution in [0.25, 0.3) is 0 Å². The summed E-state index contributed by atoms with van der Waals surface area (Å²) in [6.07, 6.45) is 5.65. The topological polar surface area (TPSA) is 34.7 Å². The normalized spacial score (nSPS) is 7.75. The maximum Gasteiger partial charge on any atom is 0.0167 e. The van der Waals surface area contributed by atoms with E-state index in [0.29, 0.717) is 0 Å². The molecule has 0 aliphatic rings. The van der Waals surface area contributed by atoms with E-state index in [1.165, 1.54) is 0 Å². The Bertz CT molecular complexity index is 102. The van der Waals surface area contributed by atoms with Gasteiger partial charge in [0.05, 0.1) is 0 Å². The summed E-state index contributed by atoms with van der Waals surface area (Å²) in [4.78, 5) is 2.19. The predicted molar refractivity (Wildman–Crippen MR) is 57.9 cm³/mol. The molecule has 0 unspecified atom stereocenters. The molecule has 0 aliphatic carbocycles. The predicted octanol–water partition coefficient (Wildman–Crippen LogP) is 1.44. The molecular weight excluding hydrogens is 174 g/mol. The summed E-state index contributed by atoms with van der Waals surface area (Å²) >= 11 is 0. The number of nitrogens with zero attached hydrogens (tertiary/aromatic N) is 1. The Morgan fingerprint density at radius 2 is 1.08 bits per heavy atom. The van der Waals surface area contributed by atoms with Crippen molar-refractivity contribution in [3.63, 3.8) is 0 Å². The van der Waals surface area contributed by atoms with Crippen molar-refractivity contribution in [3.8, 4) is 0 Å². The van der Waals surface area contributed by atoms with E-state index < -0.39 is 0 Å². The maximum absolute atomic E-state index is 3.65. The molecule has 3 heteroatoms. The average Bonchev–Trinajstić information content (AvgIpc) is 1.90. The second kappa shape index (κ2) is 13.1. The molecule has 0 aromatic carbocycles. The van der Waals surface area contributed by atoms with Crippen molar-refractivity contribution in [2.45, 2.75) is 0 Å². The number of halogens is 1. The van der Waals surface area contributed by atoms with E-state index in [1.807, 2.05) is 18.2 Å². The van der Waals surface area contributed by atoms with Crippen molar-refractivity contribution >= 4 is 12.4 Å². The molecule has 0 fully saturated rings. The first-order valence-electron chi connectivity index (χ1n) is 3.40. The average molecular weight is 192 g/mol. The molecule has 0 amide bonds. The number of rotatable bonds is 6. The van der Waals surface area contributed by atoms with Crippen LogP contribution in [-0.4, -0.2) is 30.0 Å². The highest BCUT2D eigenvalue weighted by molar-refractivity contribution is 5.85. The fraction of sp³-hybridized carbons (Fsp3) is 0.333. The standard InChI is InChI=1S/C9H15N.ClH.H2O/c1-4-7-10(8-5-2)9-6-3;;/h4-6H,1-3,7-9H2;1H;1H2. The minimum Gasteiger partial charge on any atom is -0.412 e. The lowest BCUT2D eigenvalue weighted by Gasteiger charge is -2.15. The Hall–Kier alpha value is -0.570. The SMILES string of the molecule is C=CCN(CC=C)CC=C.Cl.O. The lowest BCUT2D eigenvalue weighted by atomic mass is 10.4. The second-order valence-electron chi connectivity index (χ2n) is 2.08. The quantitative estimate of drug-likeness (QED) is 0.586. The maximum atomic E-state index is 3.65. The lowest BCUT2D eigenvalue weighted by molar-refractivity contribution is 0.373. The highest BCUT2D eigenvalue weighted by Gasteiger charge is 1.94. The van der Waals surface area contributed by atoms with Gasteiger partial charge in [-0.1, -0.05) is 18.2 Å². The molecule has 2 N–H and O–H groups in total. The summed E-state index contributed by atoms with van der Waals surface area (Å²) in [5.74, 6) is 0. The lowest BCUT2D eigenvalue weighted by Crippen LogP contribution is -2.23. The van der Waals surface area contributed by atoms with Crippen molar-refractivity contribution < 1.29 is 5.48 Å². The van der Waals surface area contributed by atoms with Gasteiger partial charge in [0.25, 0.3) is 0 Å². The van der Waals surface area contributed by atoms with E-state index in [4.69, 9.17) is 0 Å². The summed E-state index contributed by atoms with van der Waals surface area (Å²) in [7, 11) is 0. The molecular formula is C9H18ClNO. The molecule has 0 spiro atoms. The van der Waals surface area contributed by atoms with E-state index in [2.05, 4.69) is 24.6 Å². The molecule has 0 rings (SSSR count). The van der Waals surface area contributed by atoms with E-state index in [1.54, 1.807) is 0 Å². The van der Waals surface area contributed by atoms with Crippen LogP contribution in [-0.2, 0) is 0 Å². The van der Waals surface area contributed by atoms with Crippen molar-refractivity contribution in [2.24, 2.45) is 0 Å². The molecule has 0 aromatic heterocycles. The fourth-order valence-electron chi connectivity index (χ4n) is 0.771. The first kappa shape index (κ1) is 17.5. The molecule has 0 radical (unpaired) electrons. The van der Waals surface area contributed by atoms with E-state index in [0.717, 1.165) is 19.6 Å². The molecule has 0 atom stereocenters. The molecule has 0 saturated carbocycles. The molecule has 0 heterocycles. The van der Waals surface area contributed by atoms with E-state index in [-0.39, 0.29) is 17.9 Å². The van der Waals surface area contributed by atoms with Gasteiger partial charge < -0.3 is 5.48 Å². The van der Waals surface area contributed by atoms with Gasteiger partial charge in [0.2, 0.25) is 0 Å². The van der Waals surface area contributed by atoms with Crippen molar-refractivity contribution in [1.29, 1.82) is 0 Å². The third-order valence-electron chi connectivity index (χ3n) is 1.16. The van der Waals surface area contributed by atoms with Gasteiger partial charge in [-0.15, -0.1) is 32.1 Å². The molecule has 0 saturated heterocycles. The van der Waals surface area contributed by atoms with Crippen LogP contribution in [0.2, 0.25) is 0 Å². The van der Waals surface area contributed by atoms with Crippen LogP contribution in [0.3, 0.4) is 0 Å². The van der Waals surface area contributed by atoms with Crippen LogP contribution in [0.5, 0.6) is 0 Å². The Balaban J connectivity index is -0.000000405. The molecule has 72 valence electrons. The zero-order valence-electron chi connectivity index (χ0n) is 7.33. The zero-order chi connectivity index (χ0) is 7.82. The van der Waals surface area contributed by atoms with Gasteiger partial charge >= 0.3 is 0 Å². The van der Waals surface area contributed by atoms with Crippen LogP contribution in [0.4, 0.5) is 0 Å². The first-order chi connectivity index (χ1) is 4.85. The summed E-state index contributed by atoms with van der Waals surface area (Å²) in [5, 5.41) is 0. The van der Waals surface area contributed by atoms with Gasteiger partial charge in [0, 0.05) is 19.6 Å². The first-order valence-corrected chi connectivity index (χ1v) is 3.40. The Labute approximate surface area is 81.0 Å². The number of hydrogen-bond acceptors (Lipinski definition) is 1. The molecule has 0 aliphatic heterocycles. The number of hydrogen-bond donors (Lipinski definition) is 0. The van der Waals surface area contributed by atoms with Crippen LogP contribution < -0.4 is 0 Å². The van der Waals surface area contributed by atoms with E-state index in [9.17, 15) is 0 Å². The molecule has 0 aromatic rings. The van der Waals surface area contributed by atoms with Gasteiger partial charge in [0.15, 0.2) is 0 Å². The fourth-order valence-corrected chi connectivity index (χ4v) is 0.771. The zero-order valence-corrected chi connectivity index (χ0v) is 8.15. The van der Waals surface area contributed by atoms with Gasteiger partial charge in [-0.3, -0.25) is 4.90 Å². The smallest absolute Gasteiger partial charge is 0.0167 e. The third-order valence-corrected chi connectivity index (χ3v) is 1.16. The van der Waals surface area contributed by atoms with Crippen molar-refractivity contribution in [2.75, 3.05) is 19.6 Å². The molecule has 0 bridgehead atoms. The Morgan fingerprint density at radius 1 is 0.833 bits per heavy atom. The Kier molecular flexibility index (Phi) is 19.0. The van der Waals surface area contributed by atoms with Crippen LogP contribution >= 0.6 is 12.4 Å². The minimum absolute atomic E-state index is 0. The van der Waals surface area contributed by atoms with Crippen LogP contribution in [0.15, 0.2) is 38.0 Å². The summed E-state index contributed by atoms with van der Waals surface area (Å²) in [6.45, 7) is 13.7. The van der Waals surface area contributed by atoms with Crippen LogP contribution in [0, 0.1) is 0 Å². The van der Waals surface area contributed by atoms with Gasteiger partial charge in [0.1, 0.15) is 0 Å². The molecule has 12 heavy (non-hydrogen) atoms. The highest BCUT2D eigenvalue weighted by atomic mass is 35.5. The van der Waals surface area contributed by atoms with Crippen molar-refractivity contribution in [1.82, 2.24) is 4.90 Å². The largest absolute Gasteiger partial charge is 0.412 e. The summed E-state index contributed by atoms with van der Waals surface area (Å²) < 4.78 is 0. The van der Waals surface area contributed by atoms with E-state index >= 15 is 0 Å². The summed E-state index contributed by atoms with van der Waals surface area (Å²) in [6, 6.07) is 0. The third kappa shape index (κ3) is 9.43.